The molecule has 2 aromatic rings. The number of aryl methyl sites for hydroxylation is 3. The Morgan fingerprint density at radius 3 is 2.36 bits per heavy atom. The zero-order valence-electron chi connectivity index (χ0n) is 14.6. The van der Waals surface area contributed by atoms with Crippen LogP contribution in [0.5, 0.6) is 0 Å². The van der Waals surface area contributed by atoms with Gasteiger partial charge in [0.05, 0.1) is 17.0 Å². The van der Waals surface area contributed by atoms with Crippen LogP contribution in [0.4, 0.5) is 11.4 Å². The number of halogens is 1. The number of anilines is 2. The Labute approximate surface area is 153 Å². The van der Waals surface area contributed by atoms with Crippen molar-refractivity contribution in [3.05, 3.63) is 58.1 Å². The molecule has 1 amide bonds. The van der Waals surface area contributed by atoms with Crippen molar-refractivity contribution >= 4 is 38.9 Å². The third-order valence-electron chi connectivity index (χ3n) is 3.64. The molecule has 134 valence electrons. The average Bonchev–Trinajstić information content (AvgIpc) is 2.44. The highest BCUT2D eigenvalue weighted by atomic mass is 35.5. The van der Waals surface area contributed by atoms with E-state index in [1.165, 1.54) is 0 Å². The fourth-order valence-corrected chi connectivity index (χ4v) is 4.04. The molecule has 0 radical (unpaired) electrons. The predicted molar refractivity (Wildman–Crippen MR) is 103 cm³/mol. The Balaban J connectivity index is 2.33. The molecule has 0 spiro atoms. The van der Waals surface area contributed by atoms with E-state index in [1.54, 1.807) is 19.1 Å². The largest absolute Gasteiger partial charge is 0.325 e. The second-order valence-corrected chi connectivity index (χ2v) is 8.41. The van der Waals surface area contributed by atoms with Gasteiger partial charge in [0.25, 0.3) is 0 Å². The molecule has 0 saturated carbocycles. The number of carbonyl (C=O) groups excluding carboxylic acids is 1. The van der Waals surface area contributed by atoms with E-state index in [0.717, 1.165) is 21.7 Å². The number of benzene rings is 2. The van der Waals surface area contributed by atoms with Crippen LogP contribution in [0.3, 0.4) is 0 Å². The summed E-state index contributed by atoms with van der Waals surface area (Å²) in [5.41, 5.74) is 3.55. The molecule has 0 bridgehead atoms. The van der Waals surface area contributed by atoms with Gasteiger partial charge in [-0.15, -0.1) is 0 Å². The number of sulfonamides is 1. The fraction of sp³-hybridized carbons (Fsp3) is 0.278. The number of amides is 1. The molecule has 0 aromatic heterocycles. The molecule has 2 aromatic carbocycles. The molecule has 2 rings (SSSR count). The summed E-state index contributed by atoms with van der Waals surface area (Å²) in [5.74, 6) is -0.438. The van der Waals surface area contributed by atoms with Crippen molar-refractivity contribution in [2.45, 2.75) is 20.8 Å². The second-order valence-electron chi connectivity index (χ2n) is 6.10. The lowest BCUT2D eigenvalue weighted by Crippen LogP contribution is -2.38. The molecule has 0 aliphatic carbocycles. The lowest BCUT2D eigenvalue weighted by atomic mass is 10.1. The van der Waals surface area contributed by atoms with Gasteiger partial charge in [-0.1, -0.05) is 29.8 Å². The predicted octanol–water partition coefficient (Wildman–Crippen LogP) is 3.67. The number of rotatable bonds is 5. The molecule has 0 aliphatic heterocycles. The van der Waals surface area contributed by atoms with Gasteiger partial charge in [-0.05, 0) is 55.7 Å². The van der Waals surface area contributed by atoms with Crippen LogP contribution < -0.4 is 9.62 Å². The van der Waals surface area contributed by atoms with Gasteiger partial charge in [0, 0.05) is 5.69 Å². The second kappa shape index (κ2) is 7.45. The van der Waals surface area contributed by atoms with Crippen LogP contribution in [0.1, 0.15) is 16.7 Å². The first-order chi connectivity index (χ1) is 11.6. The number of carbonyl (C=O) groups is 1. The summed E-state index contributed by atoms with van der Waals surface area (Å²) in [6.07, 6.45) is 1.06. The van der Waals surface area contributed by atoms with Crippen molar-refractivity contribution in [1.29, 1.82) is 0 Å². The molecule has 0 saturated heterocycles. The van der Waals surface area contributed by atoms with Crippen LogP contribution in [0.2, 0.25) is 5.02 Å². The maximum atomic E-state index is 12.4. The summed E-state index contributed by atoms with van der Waals surface area (Å²) in [7, 11) is -3.68. The highest BCUT2D eigenvalue weighted by Crippen LogP contribution is 2.32. The van der Waals surface area contributed by atoms with Crippen LogP contribution in [0.15, 0.2) is 36.4 Å². The molecule has 7 heteroatoms. The van der Waals surface area contributed by atoms with E-state index in [2.05, 4.69) is 5.32 Å². The van der Waals surface area contributed by atoms with Gasteiger partial charge in [0.2, 0.25) is 15.9 Å². The normalized spacial score (nSPS) is 11.2. The molecule has 0 aliphatic rings. The summed E-state index contributed by atoms with van der Waals surface area (Å²) < 4.78 is 25.5. The van der Waals surface area contributed by atoms with E-state index >= 15 is 0 Å². The Hall–Kier alpha value is -2.05. The maximum Gasteiger partial charge on any atom is 0.245 e. The first-order valence-corrected chi connectivity index (χ1v) is 9.91. The van der Waals surface area contributed by atoms with Gasteiger partial charge in [0.15, 0.2) is 0 Å². The van der Waals surface area contributed by atoms with E-state index in [4.69, 9.17) is 11.6 Å². The summed E-state index contributed by atoms with van der Waals surface area (Å²) in [6, 6.07) is 10.8. The third kappa shape index (κ3) is 4.96. The van der Waals surface area contributed by atoms with E-state index in [9.17, 15) is 13.2 Å². The molecule has 1 N–H and O–H groups in total. The molecular formula is C18H21ClN2O3S. The van der Waals surface area contributed by atoms with Crippen molar-refractivity contribution in [3.8, 4) is 0 Å². The minimum Gasteiger partial charge on any atom is -0.325 e. The SMILES string of the molecule is Cc1cccc(NC(=O)CN(c2c(C)cc(C)cc2Cl)S(C)(=O)=O)c1. The lowest BCUT2D eigenvalue weighted by Gasteiger charge is -2.25. The van der Waals surface area contributed by atoms with Crippen molar-refractivity contribution in [2.24, 2.45) is 0 Å². The highest BCUT2D eigenvalue weighted by Gasteiger charge is 2.25. The summed E-state index contributed by atoms with van der Waals surface area (Å²) in [4.78, 5) is 12.4. The summed E-state index contributed by atoms with van der Waals surface area (Å²) in [6.45, 7) is 5.20. The number of nitrogens with zero attached hydrogens (tertiary/aromatic N) is 1. The van der Waals surface area contributed by atoms with Crippen LogP contribution in [-0.2, 0) is 14.8 Å². The lowest BCUT2D eigenvalue weighted by molar-refractivity contribution is -0.114. The van der Waals surface area contributed by atoms with E-state index in [1.807, 2.05) is 38.1 Å². The average molecular weight is 381 g/mol. The molecule has 0 atom stereocenters. The minimum absolute atomic E-state index is 0.297. The molecule has 0 fully saturated rings. The maximum absolute atomic E-state index is 12.4. The molecule has 0 unspecified atom stereocenters. The Morgan fingerprint density at radius 1 is 1.12 bits per heavy atom. The third-order valence-corrected chi connectivity index (χ3v) is 5.04. The number of hydrogen-bond acceptors (Lipinski definition) is 3. The van der Waals surface area contributed by atoms with Gasteiger partial charge in [0.1, 0.15) is 6.54 Å². The van der Waals surface area contributed by atoms with Crippen LogP contribution in [0.25, 0.3) is 0 Å². The molecular weight excluding hydrogens is 360 g/mol. The topological polar surface area (TPSA) is 66.5 Å². The standard InChI is InChI=1S/C18H21ClN2O3S/c1-12-6-5-7-15(9-12)20-17(22)11-21(25(4,23)24)18-14(3)8-13(2)10-16(18)19/h5-10H,11H2,1-4H3,(H,20,22). The van der Waals surface area contributed by atoms with Gasteiger partial charge < -0.3 is 5.32 Å². The van der Waals surface area contributed by atoms with Crippen LogP contribution in [0, 0.1) is 20.8 Å². The Kier molecular flexibility index (Phi) is 5.75. The molecule has 25 heavy (non-hydrogen) atoms. The first kappa shape index (κ1) is 19.3. The van der Waals surface area contributed by atoms with E-state index < -0.39 is 15.9 Å². The first-order valence-electron chi connectivity index (χ1n) is 7.69. The van der Waals surface area contributed by atoms with Crippen molar-refractivity contribution < 1.29 is 13.2 Å². The zero-order valence-corrected chi connectivity index (χ0v) is 16.2. The number of hydrogen-bond donors (Lipinski definition) is 1. The quantitative estimate of drug-likeness (QED) is 0.860. The zero-order chi connectivity index (χ0) is 18.8. The van der Waals surface area contributed by atoms with Crippen molar-refractivity contribution in [3.63, 3.8) is 0 Å². The Bertz CT molecular complexity index is 887. The van der Waals surface area contributed by atoms with E-state index in [0.29, 0.717) is 22.0 Å². The van der Waals surface area contributed by atoms with Gasteiger partial charge in [-0.3, -0.25) is 9.10 Å². The van der Waals surface area contributed by atoms with Gasteiger partial charge >= 0.3 is 0 Å². The monoisotopic (exact) mass is 380 g/mol. The fourth-order valence-electron chi connectivity index (χ4n) is 2.64. The van der Waals surface area contributed by atoms with Crippen LogP contribution in [-0.4, -0.2) is 27.1 Å². The van der Waals surface area contributed by atoms with Gasteiger partial charge in [-0.2, -0.15) is 0 Å². The van der Waals surface area contributed by atoms with Gasteiger partial charge in [-0.25, -0.2) is 8.42 Å². The highest BCUT2D eigenvalue weighted by molar-refractivity contribution is 7.92. The number of nitrogens with one attached hydrogen (secondary N) is 1. The molecule has 0 heterocycles. The molecule has 5 nitrogen and oxygen atoms in total. The minimum atomic E-state index is -3.68. The van der Waals surface area contributed by atoms with E-state index in [-0.39, 0.29) is 6.54 Å². The Morgan fingerprint density at radius 2 is 1.80 bits per heavy atom. The summed E-state index contributed by atoms with van der Waals surface area (Å²) in [5, 5.41) is 3.01. The summed E-state index contributed by atoms with van der Waals surface area (Å²) >= 11 is 6.26. The van der Waals surface area contributed by atoms with Crippen LogP contribution >= 0.6 is 11.6 Å². The smallest absolute Gasteiger partial charge is 0.245 e. The van der Waals surface area contributed by atoms with Crippen molar-refractivity contribution in [2.75, 3.05) is 22.4 Å². The van der Waals surface area contributed by atoms with Crippen molar-refractivity contribution in [1.82, 2.24) is 0 Å².